The maximum atomic E-state index is 12.3. The fourth-order valence-electron chi connectivity index (χ4n) is 2.09. The molecule has 26 heavy (non-hydrogen) atoms. The highest BCUT2D eigenvalue weighted by molar-refractivity contribution is 7.92. The van der Waals surface area contributed by atoms with Crippen LogP contribution in [-0.2, 0) is 14.8 Å². The standard InChI is InChI=1S/C16H15Cl3N2O4S/c1-25-11-5-3-10(4-6-11)20-16(22)9-21(26(2,23)24)15-8-13(18)12(17)7-14(15)19/h3-8H,9H2,1-2H3,(H,20,22). The third kappa shape index (κ3) is 5.17. The molecule has 0 radical (unpaired) electrons. The van der Waals surface area contributed by atoms with Crippen molar-refractivity contribution in [3.05, 3.63) is 51.5 Å². The first-order valence-corrected chi connectivity index (χ1v) is 10.2. The number of ether oxygens (including phenoxy) is 1. The quantitative estimate of drug-likeness (QED) is 0.692. The zero-order valence-corrected chi connectivity index (χ0v) is 16.9. The van der Waals surface area contributed by atoms with Crippen LogP contribution in [0.15, 0.2) is 36.4 Å². The molecule has 0 aliphatic rings. The summed E-state index contributed by atoms with van der Waals surface area (Å²) < 4.78 is 30.2. The summed E-state index contributed by atoms with van der Waals surface area (Å²) >= 11 is 17.9. The minimum atomic E-state index is -3.80. The molecule has 0 unspecified atom stereocenters. The second kappa shape index (κ2) is 8.35. The molecule has 140 valence electrons. The lowest BCUT2D eigenvalue weighted by Crippen LogP contribution is -2.37. The molecule has 2 aromatic rings. The van der Waals surface area contributed by atoms with E-state index in [0.29, 0.717) is 11.4 Å². The van der Waals surface area contributed by atoms with E-state index in [1.807, 2.05) is 0 Å². The van der Waals surface area contributed by atoms with Gasteiger partial charge in [0.15, 0.2) is 0 Å². The van der Waals surface area contributed by atoms with Crippen LogP contribution in [0.4, 0.5) is 11.4 Å². The minimum absolute atomic E-state index is 0.0575. The van der Waals surface area contributed by atoms with Gasteiger partial charge in [-0.1, -0.05) is 34.8 Å². The molecule has 0 saturated carbocycles. The number of amides is 1. The van der Waals surface area contributed by atoms with E-state index < -0.39 is 22.5 Å². The molecule has 0 spiro atoms. The Kier molecular flexibility index (Phi) is 6.63. The van der Waals surface area contributed by atoms with Crippen molar-refractivity contribution >= 4 is 62.1 Å². The molecule has 0 aliphatic heterocycles. The Morgan fingerprint density at radius 3 is 2.19 bits per heavy atom. The monoisotopic (exact) mass is 436 g/mol. The normalized spacial score (nSPS) is 11.1. The van der Waals surface area contributed by atoms with Crippen LogP contribution in [0, 0.1) is 0 Å². The summed E-state index contributed by atoms with van der Waals surface area (Å²) in [5.41, 5.74) is 0.554. The molecule has 0 atom stereocenters. The molecule has 0 heterocycles. The van der Waals surface area contributed by atoms with Gasteiger partial charge < -0.3 is 10.1 Å². The fourth-order valence-corrected chi connectivity index (χ4v) is 3.64. The van der Waals surface area contributed by atoms with E-state index in [1.165, 1.54) is 19.2 Å². The number of halogens is 3. The zero-order valence-electron chi connectivity index (χ0n) is 13.8. The van der Waals surface area contributed by atoms with Crippen molar-refractivity contribution < 1.29 is 17.9 Å². The van der Waals surface area contributed by atoms with Crippen LogP contribution in [0.25, 0.3) is 0 Å². The molecule has 10 heteroatoms. The Balaban J connectivity index is 2.26. The molecule has 0 aromatic heterocycles. The van der Waals surface area contributed by atoms with E-state index in [-0.39, 0.29) is 20.8 Å². The van der Waals surface area contributed by atoms with Crippen LogP contribution in [0.5, 0.6) is 5.75 Å². The van der Waals surface area contributed by atoms with Crippen molar-refractivity contribution in [1.82, 2.24) is 0 Å². The number of nitrogens with one attached hydrogen (secondary N) is 1. The largest absolute Gasteiger partial charge is 0.497 e. The summed E-state index contributed by atoms with van der Waals surface area (Å²) in [6.45, 7) is -0.484. The summed E-state index contributed by atoms with van der Waals surface area (Å²) in [4.78, 5) is 12.3. The number of benzene rings is 2. The molecule has 2 rings (SSSR count). The predicted molar refractivity (Wildman–Crippen MR) is 105 cm³/mol. The van der Waals surface area contributed by atoms with Crippen molar-refractivity contribution in [2.45, 2.75) is 0 Å². The first-order valence-electron chi connectivity index (χ1n) is 7.18. The Morgan fingerprint density at radius 2 is 1.65 bits per heavy atom. The number of carbonyl (C=O) groups is 1. The molecule has 1 amide bonds. The second-order valence-corrected chi connectivity index (χ2v) is 8.39. The van der Waals surface area contributed by atoms with E-state index in [9.17, 15) is 13.2 Å². The van der Waals surface area contributed by atoms with Gasteiger partial charge in [-0.2, -0.15) is 0 Å². The SMILES string of the molecule is COc1ccc(NC(=O)CN(c2cc(Cl)c(Cl)cc2Cl)S(C)(=O)=O)cc1. The Hall–Kier alpha value is -1.67. The summed E-state index contributed by atoms with van der Waals surface area (Å²) in [5, 5.41) is 2.96. The van der Waals surface area contributed by atoms with Crippen LogP contribution < -0.4 is 14.4 Å². The van der Waals surface area contributed by atoms with Gasteiger partial charge in [0, 0.05) is 5.69 Å². The summed E-state index contributed by atoms with van der Waals surface area (Å²) in [5.74, 6) is 0.0751. The van der Waals surface area contributed by atoms with Crippen LogP contribution >= 0.6 is 34.8 Å². The van der Waals surface area contributed by atoms with Crippen LogP contribution in [-0.4, -0.2) is 34.2 Å². The van der Waals surface area contributed by atoms with Gasteiger partial charge in [-0.25, -0.2) is 8.42 Å². The van der Waals surface area contributed by atoms with Gasteiger partial charge in [0.05, 0.1) is 34.1 Å². The predicted octanol–water partition coefficient (Wildman–Crippen LogP) is 4.06. The van der Waals surface area contributed by atoms with Gasteiger partial charge in [-0.05, 0) is 36.4 Å². The zero-order chi connectivity index (χ0) is 19.5. The van der Waals surface area contributed by atoms with Crippen LogP contribution in [0.3, 0.4) is 0 Å². The molecule has 0 fully saturated rings. The van der Waals surface area contributed by atoms with Gasteiger partial charge in [-0.15, -0.1) is 0 Å². The Morgan fingerprint density at radius 1 is 1.08 bits per heavy atom. The molecule has 6 nitrogen and oxygen atoms in total. The number of hydrogen-bond acceptors (Lipinski definition) is 4. The second-order valence-electron chi connectivity index (χ2n) is 5.26. The molecule has 1 N–H and O–H groups in total. The Labute approximate surface area is 166 Å². The van der Waals surface area contributed by atoms with Crippen LogP contribution in [0.2, 0.25) is 15.1 Å². The highest BCUT2D eigenvalue weighted by atomic mass is 35.5. The Bertz CT molecular complexity index is 918. The average molecular weight is 438 g/mol. The number of sulfonamides is 1. The highest BCUT2D eigenvalue weighted by Gasteiger charge is 2.24. The van der Waals surface area contributed by atoms with E-state index >= 15 is 0 Å². The lowest BCUT2D eigenvalue weighted by Gasteiger charge is -2.23. The van der Waals surface area contributed by atoms with Crippen molar-refractivity contribution in [3.63, 3.8) is 0 Å². The van der Waals surface area contributed by atoms with E-state index in [4.69, 9.17) is 39.5 Å². The third-order valence-corrected chi connectivity index (χ3v) is 5.47. The smallest absolute Gasteiger partial charge is 0.245 e. The lowest BCUT2D eigenvalue weighted by molar-refractivity contribution is -0.114. The van der Waals surface area contributed by atoms with Gasteiger partial charge >= 0.3 is 0 Å². The number of rotatable bonds is 6. The number of anilines is 2. The topological polar surface area (TPSA) is 75.7 Å². The number of methoxy groups -OCH3 is 1. The van der Waals surface area contributed by atoms with Gasteiger partial charge in [0.2, 0.25) is 15.9 Å². The van der Waals surface area contributed by atoms with E-state index in [0.717, 1.165) is 10.6 Å². The van der Waals surface area contributed by atoms with Crippen molar-refractivity contribution in [1.29, 1.82) is 0 Å². The molecule has 0 saturated heterocycles. The van der Waals surface area contributed by atoms with Crippen molar-refractivity contribution in [2.75, 3.05) is 29.5 Å². The average Bonchev–Trinajstić information content (AvgIpc) is 2.56. The summed E-state index contributed by atoms with van der Waals surface area (Å²) in [6.07, 6.45) is 0.965. The number of hydrogen-bond donors (Lipinski definition) is 1. The number of nitrogens with zero attached hydrogens (tertiary/aromatic N) is 1. The maximum Gasteiger partial charge on any atom is 0.245 e. The number of carbonyl (C=O) groups excluding carboxylic acids is 1. The first kappa shape index (κ1) is 20.6. The third-order valence-electron chi connectivity index (χ3n) is 3.32. The van der Waals surface area contributed by atoms with E-state index in [1.54, 1.807) is 24.3 Å². The summed E-state index contributed by atoms with van der Waals surface area (Å²) in [6, 6.07) is 9.22. The fraction of sp³-hybridized carbons (Fsp3) is 0.188. The van der Waals surface area contributed by atoms with Crippen molar-refractivity contribution in [3.8, 4) is 5.75 Å². The lowest BCUT2D eigenvalue weighted by atomic mass is 10.3. The van der Waals surface area contributed by atoms with Crippen molar-refractivity contribution in [2.24, 2.45) is 0 Å². The summed E-state index contributed by atoms with van der Waals surface area (Å²) in [7, 11) is -2.28. The highest BCUT2D eigenvalue weighted by Crippen LogP contribution is 2.35. The molecular formula is C16H15Cl3N2O4S. The molecule has 0 aliphatic carbocycles. The molecule has 0 bridgehead atoms. The van der Waals surface area contributed by atoms with Gasteiger partial charge in [-0.3, -0.25) is 9.10 Å². The molecular weight excluding hydrogens is 423 g/mol. The maximum absolute atomic E-state index is 12.3. The van der Waals surface area contributed by atoms with Gasteiger partial charge in [0.25, 0.3) is 0 Å². The van der Waals surface area contributed by atoms with E-state index in [2.05, 4.69) is 5.32 Å². The minimum Gasteiger partial charge on any atom is -0.497 e. The van der Waals surface area contributed by atoms with Crippen LogP contribution in [0.1, 0.15) is 0 Å². The van der Waals surface area contributed by atoms with Gasteiger partial charge in [0.1, 0.15) is 12.3 Å². The molecule has 2 aromatic carbocycles. The first-order chi connectivity index (χ1) is 12.1.